The van der Waals surface area contributed by atoms with Crippen LogP contribution < -0.4 is 10.2 Å². The van der Waals surface area contributed by atoms with Gasteiger partial charge in [-0.15, -0.1) is 0 Å². The second kappa shape index (κ2) is 6.86. The zero-order valence-electron chi connectivity index (χ0n) is 14.0. The Hall–Kier alpha value is -2.64. The first-order chi connectivity index (χ1) is 11.3. The van der Waals surface area contributed by atoms with Gasteiger partial charge in [-0.3, -0.25) is 19.7 Å². The summed E-state index contributed by atoms with van der Waals surface area (Å²) < 4.78 is 5.13. The Morgan fingerprint density at radius 3 is 2.75 bits per heavy atom. The molecule has 1 N–H and O–H groups in total. The van der Waals surface area contributed by atoms with Gasteiger partial charge in [-0.1, -0.05) is 0 Å². The summed E-state index contributed by atoms with van der Waals surface area (Å²) in [5.74, 6) is -0.672. The maximum absolute atomic E-state index is 12.1. The zero-order chi connectivity index (χ0) is 17.9. The largest absolute Gasteiger partial charge is 0.466 e. The lowest BCUT2D eigenvalue weighted by molar-refractivity contribution is -0.384. The lowest BCUT2D eigenvalue weighted by Gasteiger charge is -2.25. The molecule has 8 nitrogen and oxygen atoms in total. The summed E-state index contributed by atoms with van der Waals surface area (Å²) in [5, 5.41) is 13.5. The SMILES string of the molecule is CCOC(=O)C1(C)CCN(c2ccc([N+](=O)[O-])cc2C(=O)NC)C1. The molecule has 1 aliphatic heterocycles. The molecule has 0 aliphatic carbocycles. The van der Waals surface area contributed by atoms with Gasteiger partial charge >= 0.3 is 5.97 Å². The van der Waals surface area contributed by atoms with Gasteiger partial charge in [0.2, 0.25) is 0 Å². The van der Waals surface area contributed by atoms with Crippen LogP contribution >= 0.6 is 0 Å². The first-order valence-electron chi connectivity index (χ1n) is 7.75. The molecule has 2 rings (SSSR count). The molecule has 1 aromatic carbocycles. The van der Waals surface area contributed by atoms with Crippen molar-refractivity contribution in [3.8, 4) is 0 Å². The van der Waals surface area contributed by atoms with Crippen LogP contribution in [0.5, 0.6) is 0 Å². The smallest absolute Gasteiger partial charge is 0.313 e. The predicted octanol–water partition coefficient (Wildman–Crippen LogP) is 1.73. The lowest BCUT2D eigenvalue weighted by atomic mass is 9.90. The fraction of sp³-hybridized carbons (Fsp3) is 0.500. The molecule has 1 fully saturated rings. The number of carbonyl (C=O) groups excluding carboxylic acids is 2. The number of benzene rings is 1. The number of nitro benzene ring substituents is 1. The molecule has 0 bridgehead atoms. The van der Waals surface area contributed by atoms with Crippen molar-refractivity contribution >= 4 is 23.3 Å². The third-order valence-electron chi connectivity index (χ3n) is 4.24. The zero-order valence-corrected chi connectivity index (χ0v) is 14.0. The van der Waals surface area contributed by atoms with Gasteiger partial charge in [-0.25, -0.2) is 0 Å². The number of ether oxygens (including phenoxy) is 1. The van der Waals surface area contributed by atoms with Crippen molar-refractivity contribution in [1.29, 1.82) is 0 Å². The highest BCUT2D eigenvalue weighted by atomic mass is 16.6. The van der Waals surface area contributed by atoms with Crippen LogP contribution in [0.2, 0.25) is 0 Å². The maximum Gasteiger partial charge on any atom is 0.313 e. The van der Waals surface area contributed by atoms with E-state index in [9.17, 15) is 19.7 Å². The van der Waals surface area contributed by atoms with Gasteiger partial charge in [0.05, 0.1) is 28.2 Å². The van der Waals surface area contributed by atoms with E-state index in [1.807, 2.05) is 11.8 Å². The molecular formula is C16H21N3O5. The number of nitrogens with one attached hydrogen (secondary N) is 1. The third kappa shape index (κ3) is 3.32. The van der Waals surface area contributed by atoms with Crippen LogP contribution in [0.4, 0.5) is 11.4 Å². The Bertz CT molecular complexity index is 676. The van der Waals surface area contributed by atoms with E-state index < -0.39 is 16.2 Å². The van der Waals surface area contributed by atoms with Gasteiger partial charge in [0, 0.05) is 32.3 Å². The molecule has 1 aromatic rings. The molecule has 1 aliphatic rings. The summed E-state index contributed by atoms with van der Waals surface area (Å²) in [5.41, 5.74) is -0.00457. The molecule has 0 saturated carbocycles. The van der Waals surface area contributed by atoms with Gasteiger partial charge in [-0.05, 0) is 26.3 Å². The van der Waals surface area contributed by atoms with E-state index in [4.69, 9.17) is 4.74 Å². The summed E-state index contributed by atoms with van der Waals surface area (Å²) in [6, 6.07) is 4.18. The molecule has 1 saturated heterocycles. The van der Waals surface area contributed by atoms with Crippen molar-refractivity contribution in [3.63, 3.8) is 0 Å². The summed E-state index contributed by atoms with van der Waals surface area (Å²) in [4.78, 5) is 36.6. The highest BCUT2D eigenvalue weighted by Crippen LogP contribution is 2.36. The van der Waals surface area contributed by atoms with Crippen molar-refractivity contribution in [2.24, 2.45) is 5.41 Å². The molecule has 0 spiro atoms. The molecule has 130 valence electrons. The molecule has 1 atom stereocenters. The average Bonchev–Trinajstić information content (AvgIpc) is 2.97. The van der Waals surface area contributed by atoms with Crippen molar-refractivity contribution in [2.75, 3.05) is 31.6 Å². The number of esters is 1. The van der Waals surface area contributed by atoms with Crippen molar-refractivity contribution in [1.82, 2.24) is 5.32 Å². The van der Waals surface area contributed by atoms with E-state index in [-0.39, 0.29) is 17.2 Å². The van der Waals surface area contributed by atoms with E-state index in [1.54, 1.807) is 13.0 Å². The number of amides is 1. The Labute approximate surface area is 139 Å². The van der Waals surface area contributed by atoms with Gasteiger partial charge in [0.15, 0.2) is 0 Å². The molecule has 1 amide bonds. The van der Waals surface area contributed by atoms with Gasteiger partial charge < -0.3 is 15.0 Å². The van der Waals surface area contributed by atoms with Crippen LogP contribution in [-0.2, 0) is 9.53 Å². The van der Waals surface area contributed by atoms with E-state index in [2.05, 4.69) is 5.32 Å². The quantitative estimate of drug-likeness (QED) is 0.499. The van der Waals surface area contributed by atoms with Gasteiger partial charge in [0.25, 0.3) is 11.6 Å². The number of hydrogen-bond acceptors (Lipinski definition) is 6. The first-order valence-corrected chi connectivity index (χ1v) is 7.75. The second-order valence-electron chi connectivity index (χ2n) is 5.99. The Balaban J connectivity index is 2.34. The monoisotopic (exact) mass is 335 g/mol. The molecule has 8 heteroatoms. The van der Waals surface area contributed by atoms with Gasteiger partial charge in [0.1, 0.15) is 0 Å². The highest BCUT2D eigenvalue weighted by Gasteiger charge is 2.42. The maximum atomic E-state index is 12.1. The third-order valence-corrected chi connectivity index (χ3v) is 4.24. The van der Waals surface area contributed by atoms with Crippen LogP contribution in [0.25, 0.3) is 0 Å². The number of anilines is 1. The Morgan fingerprint density at radius 1 is 1.46 bits per heavy atom. The summed E-state index contributed by atoms with van der Waals surface area (Å²) in [6.07, 6.45) is 0.593. The minimum atomic E-state index is -0.655. The fourth-order valence-corrected chi connectivity index (χ4v) is 2.87. The normalized spacial score (nSPS) is 19.9. The Kier molecular flexibility index (Phi) is 5.06. The number of hydrogen-bond donors (Lipinski definition) is 1. The molecule has 0 radical (unpaired) electrons. The molecule has 24 heavy (non-hydrogen) atoms. The van der Waals surface area contributed by atoms with Crippen LogP contribution in [0, 0.1) is 15.5 Å². The molecular weight excluding hydrogens is 314 g/mol. The van der Waals surface area contributed by atoms with E-state index in [0.717, 1.165) is 0 Å². The second-order valence-corrected chi connectivity index (χ2v) is 5.99. The number of non-ortho nitro benzene ring substituents is 1. The van der Waals surface area contributed by atoms with E-state index in [1.165, 1.54) is 19.2 Å². The molecule has 1 heterocycles. The van der Waals surface area contributed by atoms with Crippen molar-refractivity contribution < 1.29 is 19.2 Å². The fourth-order valence-electron chi connectivity index (χ4n) is 2.87. The van der Waals surface area contributed by atoms with E-state index in [0.29, 0.717) is 31.8 Å². The topological polar surface area (TPSA) is 102 Å². The minimum absolute atomic E-state index is 0.148. The van der Waals surface area contributed by atoms with Crippen molar-refractivity contribution in [3.05, 3.63) is 33.9 Å². The number of nitro groups is 1. The number of carbonyl (C=O) groups is 2. The van der Waals surface area contributed by atoms with E-state index >= 15 is 0 Å². The van der Waals surface area contributed by atoms with Crippen molar-refractivity contribution in [2.45, 2.75) is 20.3 Å². The summed E-state index contributed by atoms with van der Waals surface area (Å²) in [7, 11) is 1.47. The standard InChI is InChI=1S/C16H21N3O5/c1-4-24-15(21)16(2)7-8-18(10-16)13-6-5-11(19(22)23)9-12(13)14(20)17-3/h5-6,9H,4,7-8,10H2,1-3H3,(H,17,20). The first kappa shape index (κ1) is 17.7. The van der Waals surface area contributed by atoms with Crippen LogP contribution in [0.3, 0.4) is 0 Å². The number of nitrogens with zero attached hydrogens (tertiary/aromatic N) is 2. The van der Waals surface area contributed by atoms with Crippen LogP contribution in [0.15, 0.2) is 18.2 Å². The minimum Gasteiger partial charge on any atom is -0.466 e. The summed E-state index contributed by atoms with van der Waals surface area (Å²) in [6.45, 7) is 4.87. The predicted molar refractivity (Wildman–Crippen MR) is 88.1 cm³/mol. The van der Waals surface area contributed by atoms with Gasteiger partial charge in [-0.2, -0.15) is 0 Å². The molecule has 0 aromatic heterocycles. The highest BCUT2D eigenvalue weighted by molar-refractivity contribution is 6.00. The van der Waals surface area contributed by atoms with Crippen LogP contribution in [0.1, 0.15) is 30.6 Å². The molecule has 1 unspecified atom stereocenters. The van der Waals surface area contributed by atoms with Crippen LogP contribution in [-0.4, -0.2) is 43.5 Å². The Morgan fingerprint density at radius 2 is 2.17 bits per heavy atom. The average molecular weight is 335 g/mol. The number of rotatable bonds is 5. The lowest BCUT2D eigenvalue weighted by Crippen LogP contribution is -2.34. The summed E-state index contributed by atoms with van der Waals surface area (Å²) >= 11 is 0.